The SMILES string of the molecule is CCN(CC)S(=O)(=O)c1ccc(F)c(C(=O)OCCCc2nc(-c3cccnc3)no2)c1. The Hall–Kier alpha value is -3.18. The van der Waals surface area contributed by atoms with Gasteiger partial charge < -0.3 is 9.26 Å². The molecule has 2 aromatic heterocycles. The number of halogens is 1. The molecule has 3 rings (SSSR count). The Labute approximate surface area is 185 Å². The van der Waals surface area contributed by atoms with Crippen molar-refractivity contribution in [2.24, 2.45) is 0 Å². The monoisotopic (exact) mass is 462 g/mol. The largest absolute Gasteiger partial charge is 0.462 e. The minimum Gasteiger partial charge on any atom is -0.462 e. The highest BCUT2D eigenvalue weighted by atomic mass is 32.2. The van der Waals surface area contributed by atoms with Gasteiger partial charge in [-0.1, -0.05) is 19.0 Å². The van der Waals surface area contributed by atoms with Crippen LogP contribution in [0.3, 0.4) is 0 Å². The van der Waals surface area contributed by atoms with Gasteiger partial charge in [0.05, 0.1) is 17.1 Å². The van der Waals surface area contributed by atoms with Crippen molar-refractivity contribution in [1.82, 2.24) is 19.4 Å². The fraction of sp³-hybridized carbons (Fsp3) is 0.333. The minimum absolute atomic E-state index is 0.0318. The average Bonchev–Trinajstić information content (AvgIpc) is 3.27. The van der Waals surface area contributed by atoms with Crippen molar-refractivity contribution in [3.63, 3.8) is 0 Å². The molecule has 0 unspecified atom stereocenters. The lowest BCUT2D eigenvalue weighted by Gasteiger charge is -2.18. The van der Waals surface area contributed by atoms with Gasteiger partial charge in [-0.3, -0.25) is 4.98 Å². The molecule has 11 heteroatoms. The number of carbonyl (C=O) groups excluding carboxylic acids is 1. The van der Waals surface area contributed by atoms with E-state index in [1.807, 2.05) is 0 Å². The molecular weight excluding hydrogens is 439 g/mol. The lowest BCUT2D eigenvalue weighted by Crippen LogP contribution is -2.30. The number of carbonyl (C=O) groups is 1. The predicted octanol–water partition coefficient (Wildman–Crippen LogP) is 3.09. The van der Waals surface area contributed by atoms with Crippen LogP contribution in [0.4, 0.5) is 4.39 Å². The second kappa shape index (κ2) is 10.4. The van der Waals surface area contributed by atoms with Gasteiger partial charge in [0.2, 0.25) is 21.7 Å². The summed E-state index contributed by atoms with van der Waals surface area (Å²) >= 11 is 0. The number of aromatic nitrogens is 3. The highest BCUT2D eigenvalue weighted by molar-refractivity contribution is 7.89. The number of sulfonamides is 1. The Morgan fingerprint density at radius 2 is 2.00 bits per heavy atom. The summed E-state index contributed by atoms with van der Waals surface area (Å²) in [6.45, 7) is 3.88. The van der Waals surface area contributed by atoms with Crippen LogP contribution in [0, 0.1) is 5.82 Å². The van der Waals surface area contributed by atoms with Gasteiger partial charge in [-0.05, 0) is 36.8 Å². The number of nitrogens with zero attached hydrogens (tertiary/aromatic N) is 4. The second-order valence-electron chi connectivity index (χ2n) is 6.72. The van der Waals surface area contributed by atoms with E-state index in [-0.39, 0.29) is 24.6 Å². The molecular formula is C21H23FN4O5S. The Morgan fingerprint density at radius 3 is 2.69 bits per heavy atom. The van der Waals surface area contributed by atoms with E-state index in [0.717, 1.165) is 18.2 Å². The number of rotatable bonds is 10. The van der Waals surface area contributed by atoms with E-state index in [2.05, 4.69) is 15.1 Å². The number of pyridine rings is 1. The Morgan fingerprint density at radius 1 is 1.22 bits per heavy atom. The number of esters is 1. The van der Waals surface area contributed by atoms with Crippen LogP contribution in [-0.2, 0) is 21.2 Å². The normalized spacial score (nSPS) is 11.6. The molecule has 0 atom stereocenters. The predicted molar refractivity (Wildman–Crippen MR) is 113 cm³/mol. The molecule has 170 valence electrons. The van der Waals surface area contributed by atoms with Crippen LogP contribution >= 0.6 is 0 Å². The smallest absolute Gasteiger partial charge is 0.341 e. The van der Waals surface area contributed by atoms with E-state index in [1.54, 1.807) is 38.4 Å². The molecule has 0 N–H and O–H groups in total. The van der Waals surface area contributed by atoms with Gasteiger partial charge in [0.15, 0.2) is 0 Å². The second-order valence-corrected chi connectivity index (χ2v) is 8.66. The van der Waals surface area contributed by atoms with Crippen molar-refractivity contribution in [3.05, 3.63) is 60.0 Å². The van der Waals surface area contributed by atoms with E-state index in [9.17, 15) is 17.6 Å². The van der Waals surface area contributed by atoms with Crippen molar-refractivity contribution in [2.75, 3.05) is 19.7 Å². The fourth-order valence-electron chi connectivity index (χ4n) is 2.97. The van der Waals surface area contributed by atoms with Gasteiger partial charge >= 0.3 is 5.97 Å². The fourth-order valence-corrected chi connectivity index (χ4v) is 4.45. The number of benzene rings is 1. The van der Waals surface area contributed by atoms with Crippen LogP contribution in [0.2, 0.25) is 0 Å². The Kier molecular flexibility index (Phi) is 7.65. The third kappa shape index (κ3) is 5.35. The van der Waals surface area contributed by atoms with Crippen molar-refractivity contribution in [1.29, 1.82) is 0 Å². The summed E-state index contributed by atoms with van der Waals surface area (Å²) in [5.41, 5.74) is 0.277. The number of hydrogen-bond acceptors (Lipinski definition) is 8. The molecule has 3 aromatic rings. The van der Waals surface area contributed by atoms with Crippen molar-refractivity contribution in [2.45, 2.75) is 31.6 Å². The third-order valence-electron chi connectivity index (χ3n) is 4.66. The van der Waals surface area contributed by atoms with Gasteiger partial charge in [0.25, 0.3) is 0 Å². The maximum Gasteiger partial charge on any atom is 0.341 e. The van der Waals surface area contributed by atoms with E-state index >= 15 is 0 Å². The Bertz CT molecular complexity index is 1160. The summed E-state index contributed by atoms with van der Waals surface area (Å²) in [6, 6.07) is 6.64. The first kappa shape index (κ1) is 23.5. The van der Waals surface area contributed by atoms with Crippen LogP contribution < -0.4 is 0 Å². The standard InChI is InChI=1S/C21H23FN4O5S/c1-3-26(4-2)32(28,29)16-9-10-18(22)17(13-16)21(27)30-12-6-8-19-24-20(25-31-19)15-7-5-11-23-14-15/h5,7,9-11,13-14H,3-4,6,8,12H2,1-2H3. The van der Waals surface area contributed by atoms with Gasteiger partial charge in [0, 0.05) is 37.5 Å². The summed E-state index contributed by atoms with van der Waals surface area (Å²) < 4.78 is 50.9. The molecule has 0 radical (unpaired) electrons. The van der Waals surface area contributed by atoms with Crippen LogP contribution in [0.15, 0.2) is 52.1 Å². The topological polar surface area (TPSA) is 115 Å². The summed E-state index contributed by atoms with van der Waals surface area (Å²) in [4.78, 5) is 20.4. The zero-order valence-corrected chi connectivity index (χ0v) is 18.5. The first-order valence-electron chi connectivity index (χ1n) is 10.1. The molecule has 0 bridgehead atoms. The molecule has 32 heavy (non-hydrogen) atoms. The summed E-state index contributed by atoms with van der Waals surface area (Å²) in [6.07, 6.45) is 3.95. The van der Waals surface area contributed by atoms with Crippen LogP contribution in [0.5, 0.6) is 0 Å². The molecule has 1 aromatic carbocycles. The van der Waals surface area contributed by atoms with Crippen molar-refractivity contribution >= 4 is 16.0 Å². The lowest BCUT2D eigenvalue weighted by molar-refractivity contribution is 0.0492. The molecule has 0 aliphatic carbocycles. The zero-order valence-electron chi connectivity index (χ0n) is 17.7. The van der Waals surface area contributed by atoms with Crippen LogP contribution in [0.1, 0.15) is 36.5 Å². The van der Waals surface area contributed by atoms with E-state index in [0.29, 0.717) is 30.1 Å². The molecule has 0 spiro atoms. The molecule has 0 saturated carbocycles. The van der Waals surface area contributed by atoms with Gasteiger partial charge in [0.1, 0.15) is 5.82 Å². The number of aryl methyl sites for hydroxylation is 1. The third-order valence-corrected chi connectivity index (χ3v) is 6.70. The van der Waals surface area contributed by atoms with Crippen molar-refractivity contribution < 1.29 is 26.9 Å². The van der Waals surface area contributed by atoms with E-state index in [4.69, 9.17) is 9.26 Å². The molecule has 2 heterocycles. The molecule has 0 aliphatic rings. The maximum atomic E-state index is 14.2. The van der Waals surface area contributed by atoms with Crippen LogP contribution in [-0.4, -0.2) is 53.5 Å². The van der Waals surface area contributed by atoms with Gasteiger partial charge in [-0.25, -0.2) is 17.6 Å². The van der Waals surface area contributed by atoms with E-state index in [1.165, 1.54) is 4.31 Å². The highest BCUT2D eigenvalue weighted by Crippen LogP contribution is 2.20. The molecule has 0 fully saturated rings. The summed E-state index contributed by atoms with van der Waals surface area (Å²) in [7, 11) is -3.83. The maximum absolute atomic E-state index is 14.2. The molecule has 0 saturated heterocycles. The summed E-state index contributed by atoms with van der Waals surface area (Å²) in [5.74, 6) is -1.04. The van der Waals surface area contributed by atoms with E-state index < -0.39 is 27.4 Å². The molecule has 0 amide bonds. The van der Waals surface area contributed by atoms with Gasteiger partial charge in [-0.2, -0.15) is 9.29 Å². The van der Waals surface area contributed by atoms with Gasteiger partial charge in [-0.15, -0.1) is 0 Å². The highest BCUT2D eigenvalue weighted by Gasteiger charge is 2.24. The first-order chi connectivity index (χ1) is 15.4. The quantitative estimate of drug-likeness (QED) is 0.333. The summed E-state index contributed by atoms with van der Waals surface area (Å²) in [5, 5.41) is 3.88. The molecule has 9 nitrogen and oxygen atoms in total. The number of ether oxygens (including phenoxy) is 1. The minimum atomic E-state index is -3.83. The lowest BCUT2D eigenvalue weighted by atomic mass is 10.2. The molecule has 0 aliphatic heterocycles. The van der Waals surface area contributed by atoms with Crippen molar-refractivity contribution in [3.8, 4) is 11.4 Å². The number of hydrogen-bond donors (Lipinski definition) is 0. The zero-order chi connectivity index (χ0) is 23.1. The van der Waals surface area contributed by atoms with Crippen LogP contribution in [0.25, 0.3) is 11.4 Å². The first-order valence-corrected chi connectivity index (χ1v) is 11.5. The average molecular weight is 463 g/mol. The Balaban J connectivity index is 1.59.